The van der Waals surface area contributed by atoms with Crippen molar-refractivity contribution in [2.45, 2.75) is 12.8 Å². The van der Waals surface area contributed by atoms with Gasteiger partial charge in [0.1, 0.15) is 0 Å². The third kappa shape index (κ3) is 2.66. The van der Waals surface area contributed by atoms with Gasteiger partial charge in [-0.1, -0.05) is 0 Å². The molecule has 0 spiro atoms. The van der Waals surface area contributed by atoms with Crippen LogP contribution in [-0.4, -0.2) is 37.1 Å². The molecule has 0 radical (unpaired) electrons. The number of piperidine rings is 1. The highest BCUT2D eigenvalue weighted by Gasteiger charge is 2.26. The molecule has 0 aromatic carbocycles. The van der Waals surface area contributed by atoms with Crippen molar-refractivity contribution in [3.63, 3.8) is 0 Å². The summed E-state index contributed by atoms with van der Waals surface area (Å²) in [4.78, 5) is 28.9. The van der Waals surface area contributed by atoms with E-state index in [0.717, 1.165) is 0 Å². The molecule has 7 nitrogen and oxygen atoms in total. The van der Waals surface area contributed by atoms with E-state index in [1.165, 1.54) is 19.4 Å². The lowest BCUT2D eigenvalue weighted by molar-refractivity contribution is -0.122. The van der Waals surface area contributed by atoms with Crippen LogP contribution in [0.4, 0.5) is 11.5 Å². The third-order valence-electron chi connectivity index (χ3n) is 3.57. The lowest BCUT2D eigenvalue weighted by Gasteiger charge is -2.32. The van der Waals surface area contributed by atoms with Gasteiger partial charge < -0.3 is 21.1 Å². The third-order valence-corrected chi connectivity index (χ3v) is 3.57. The van der Waals surface area contributed by atoms with Crippen molar-refractivity contribution in [1.29, 1.82) is 0 Å². The van der Waals surface area contributed by atoms with Crippen LogP contribution < -0.4 is 16.4 Å². The van der Waals surface area contributed by atoms with Gasteiger partial charge in [0.15, 0.2) is 5.82 Å². The number of pyridine rings is 1. The Bertz CT molecular complexity index is 524. The zero-order chi connectivity index (χ0) is 14.7. The first-order chi connectivity index (χ1) is 9.54. The minimum absolute atomic E-state index is 0.101. The van der Waals surface area contributed by atoms with E-state index >= 15 is 0 Å². The maximum atomic E-state index is 11.6. The summed E-state index contributed by atoms with van der Waals surface area (Å²) in [6, 6.07) is 1.53. The SMILES string of the molecule is COC(=O)c1ccnc(N2CCC(C(N)=O)CC2)c1N. The number of hydrogen-bond acceptors (Lipinski definition) is 6. The van der Waals surface area contributed by atoms with Gasteiger partial charge >= 0.3 is 5.97 Å². The van der Waals surface area contributed by atoms with Crippen LogP contribution in [0.25, 0.3) is 0 Å². The Labute approximate surface area is 116 Å². The normalized spacial score (nSPS) is 15.9. The number of ether oxygens (including phenoxy) is 1. The topological polar surface area (TPSA) is 112 Å². The van der Waals surface area contributed by atoms with Gasteiger partial charge in [0.2, 0.25) is 5.91 Å². The summed E-state index contributed by atoms with van der Waals surface area (Å²) in [5, 5.41) is 0. The van der Waals surface area contributed by atoms with Crippen LogP contribution in [0.15, 0.2) is 12.3 Å². The number of hydrogen-bond donors (Lipinski definition) is 2. The Hall–Kier alpha value is -2.31. The van der Waals surface area contributed by atoms with E-state index in [1.54, 1.807) is 0 Å². The van der Waals surface area contributed by atoms with Gasteiger partial charge in [-0.25, -0.2) is 9.78 Å². The Morgan fingerprint density at radius 2 is 2.05 bits per heavy atom. The van der Waals surface area contributed by atoms with Crippen molar-refractivity contribution in [3.05, 3.63) is 17.8 Å². The highest BCUT2D eigenvalue weighted by Crippen LogP contribution is 2.28. The summed E-state index contributed by atoms with van der Waals surface area (Å²) < 4.78 is 4.68. The highest BCUT2D eigenvalue weighted by atomic mass is 16.5. The number of methoxy groups -OCH3 is 1. The van der Waals surface area contributed by atoms with Crippen LogP contribution in [0.5, 0.6) is 0 Å². The first kappa shape index (κ1) is 14.1. The average molecular weight is 278 g/mol. The standard InChI is InChI=1S/C13H18N4O3/c1-20-13(19)9-2-5-16-12(10(9)14)17-6-3-8(4-7-17)11(15)18/h2,5,8H,3-4,6-7,14H2,1H3,(H2,15,18). The average Bonchev–Trinajstić information content (AvgIpc) is 2.47. The maximum Gasteiger partial charge on any atom is 0.340 e. The van der Waals surface area contributed by atoms with Gasteiger partial charge in [-0.15, -0.1) is 0 Å². The number of carbonyl (C=O) groups excluding carboxylic acids is 2. The smallest absolute Gasteiger partial charge is 0.340 e. The second-order valence-corrected chi connectivity index (χ2v) is 4.75. The molecule has 1 aliphatic heterocycles. The molecule has 2 rings (SSSR count). The molecule has 1 fully saturated rings. The van der Waals surface area contributed by atoms with E-state index in [-0.39, 0.29) is 11.8 Å². The van der Waals surface area contributed by atoms with E-state index in [1.807, 2.05) is 4.90 Å². The molecule has 0 aliphatic carbocycles. The molecule has 1 amide bonds. The van der Waals surface area contributed by atoms with E-state index in [4.69, 9.17) is 11.5 Å². The van der Waals surface area contributed by atoms with Gasteiger partial charge in [-0.3, -0.25) is 4.79 Å². The van der Waals surface area contributed by atoms with E-state index in [0.29, 0.717) is 43.0 Å². The molecule has 1 saturated heterocycles. The van der Waals surface area contributed by atoms with Crippen molar-refractivity contribution < 1.29 is 14.3 Å². The largest absolute Gasteiger partial charge is 0.465 e. The molecule has 20 heavy (non-hydrogen) atoms. The van der Waals surface area contributed by atoms with E-state index in [2.05, 4.69) is 9.72 Å². The maximum absolute atomic E-state index is 11.6. The number of aromatic nitrogens is 1. The second-order valence-electron chi connectivity index (χ2n) is 4.75. The summed E-state index contributed by atoms with van der Waals surface area (Å²) >= 11 is 0. The first-order valence-corrected chi connectivity index (χ1v) is 6.41. The number of rotatable bonds is 3. The summed E-state index contributed by atoms with van der Waals surface area (Å²) in [6.07, 6.45) is 2.86. The molecule has 1 aromatic rings. The van der Waals surface area contributed by atoms with Crippen LogP contribution in [0.1, 0.15) is 23.2 Å². The summed E-state index contributed by atoms with van der Waals surface area (Å²) in [7, 11) is 1.31. The zero-order valence-electron chi connectivity index (χ0n) is 11.3. The summed E-state index contributed by atoms with van der Waals surface area (Å²) in [6.45, 7) is 1.27. The van der Waals surface area contributed by atoms with Gasteiger partial charge in [0.25, 0.3) is 0 Å². The Morgan fingerprint density at radius 1 is 1.40 bits per heavy atom. The van der Waals surface area contributed by atoms with E-state index in [9.17, 15) is 9.59 Å². The number of carbonyl (C=O) groups is 2. The van der Waals surface area contributed by atoms with Crippen LogP contribution in [-0.2, 0) is 9.53 Å². The van der Waals surface area contributed by atoms with Crippen LogP contribution in [0.3, 0.4) is 0 Å². The van der Waals surface area contributed by atoms with Crippen LogP contribution >= 0.6 is 0 Å². The molecule has 2 heterocycles. The van der Waals surface area contributed by atoms with Crippen molar-refractivity contribution in [3.8, 4) is 0 Å². The van der Waals surface area contributed by atoms with Crippen molar-refractivity contribution in [2.75, 3.05) is 30.8 Å². The number of esters is 1. The zero-order valence-corrected chi connectivity index (χ0v) is 11.3. The Morgan fingerprint density at radius 3 is 2.60 bits per heavy atom. The monoisotopic (exact) mass is 278 g/mol. The minimum atomic E-state index is -0.488. The fourth-order valence-electron chi connectivity index (χ4n) is 2.38. The lowest BCUT2D eigenvalue weighted by Crippen LogP contribution is -2.39. The molecule has 1 aliphatic rings. The number of nitrogens with zero attached hydrogens (tertiary/aromatic N) is 2. The molecular weight excluding hydrogens is 260 g/mol. The van der Waals surface area contributed by atoms with Gasteiger partial charge in [0.05, 0.1) is 18.4 Å². The number of amides is 1. The Balaban J connectivity index is 2.18. The fourth-order valence-corrected chi connectivity index (χ4v) is 2.38. The first-order valence-electron chi connectivity index (χ1n) is 6.41. The fraction of sp³-hybridized carbons (Fsp3) is 0.462. The van der Waals surface area contributed by atoms with Gasteiger partial charge in [-0.2, -0.15) is 0 Å². The van der Waals surface area contributed by atoms with Gasteiger partial charge in [0, 0.05) is 25.2 Å². The highest BCUT2D eigenvalue weighted by molar-refractivity contribution is 5.97. The predicted molar refractivity (Wildman–Crippen MR) is 74.1 cm³/mol. The molecule has 0 bridgehead atoms. The molecule has 108 valence electrons. The summed E-state index contributed by atoms with van der Waals surface area (Å²) in [5.74, 6) is -0.306. The second kappa shape index (κ2) is 5.77. The molecule has 7 heteroatoms. The number of primary amides is 1. The lowest BCUT2D eigenvalue weighted by atomic mass is 9.96. The molecule has 1 aromatic heterocycles. The minimum Gasteiger partial charge on any atom is -0.465 e. The molecule has 0 saturated carbocycles. The molecular formula is C13H18N4O3. The molecule has 0 atom stereocenters. The number of nitrogens with two attached hydrogens (primary N) is 2. The number of nitrogen functional groups attached to an aromatic ring is 1. The van der Waals surface area contributed by atoms with Crippen molar-refractivity contribution >= 4 is 23.4 Å². The van der Waals surface area contributed by atoms with Crippen LogP contribution in [0.2, 0.25) is 0 Å². The van der Waals surface area contributed by atoms with E-state index < -0.39 is 5.97 Å². The summed E-state index contributed by atoms with van der Waals surface area (Å²) in [5.41, 5.74) is 11.9. The number of anilines is 2. The quantitative estimate of drug-likeness (QED) is 0.761. The van der Waals surface area contributed by atoms with Crippen molar-refractivity contribution in [1.82, 2.24) is 4.98 Å². The predicted octanol–water partition coefficient (Wildman–Crippen LogP) is 0.152. The van der Waals surface area contributed by atoms with Crippen LogP contribution in [0, 0.1) is 5.92 Å². The van der Waals surface area contributed by atoms with Gasteiger partial charge in [-0.05, 0) is 18.9 Å². The van der Waals surface area contributed by atoms with Crippen molar-refractivity contribution in [2.24, 2.45) is 11.7 Å². The molecule has 4 N–H and O–H groups in total. The molecule has 0 unspecified atom stereocenters. The Kier molecular flexibility index (Phi) is 4.07.